The fourth-order valence-corrected chi connectivity index (χ4v) is 4.39. The highest BCUT2D eigenvalue weighted by Crippen LogP contribution is 2.23. The van der Waals surface area contributed by atoms with Crippen LogP contribution >= 0.6 is 0 Å². The number of carbonyl (C=O) groups excluding carboxylic acids is 3. The van der Waals surface area contributed by atoms with Gasteiger partial charge in [-0.05, 0) is 43.0 Å². The summed E-state index contributed by atoms with van der Waals surface area (Å²) >= 11 is 0. The summed E-state index contributed by atoms with van der Waals surface area (Å²) < 4.78 is 7.95. The van der Waals surface area contributed by atoms with Crippen molar-refractivity contribution in [3.05, 3.63) is 66.7 Å². The number of hydrogen-bond donors (Lipinski definition) is 2. The summed E-state index contributed by atoms with van der Waals surface area (Å²) in [7, 11) is 0. The summed E-state index contributed by atoms with van der Waals surface area (Å²) in [5.41, 5.74) is 1.34. The second kappa shape index (κ2) is 12.8. The van der Waals surface area contributed by atoms with Gasteiger partial charge in [-0.15, -0.1) is 0 Å². The van der Waals surface area contributed by atoms with Crippen LogP contribution in [0.3, 0.4) is 0 Å². The molecule has 2 bridgehead atoms. The molecule has 3 heterocycles. The molecule has 0 saturated heterocycles. The maximum atomic E-state index is 13.2. The van der Waals surface area contributed by atoms with Gasteiger partial charge in [-0.3, -0.25) is 19.4 Å². The number of carbonyl (C=O) groups is 3. The van der Waals surface area contributed by atoms with Crippen LogP contribution in [0.4, 0.5) is 0 Å². The number of nitrogens with zero attached hydrogens (tertiary/aromatic N) is 4. The highest BCUT2D eigenvalue weighted by Gasteiger charge is 2.25. The molecule has 1 atom stereocenters. The lowest BCUT2D eigenvalue weighted by Gasteiger charge is -2.25. The van der Waals surface area contributed by atoms with Crippen LogP contribution in [-0.4, -0.2) is 69.4 Å². The van der Waals surface area contributed by atoms with E-state index in [4.69, 9.17) is 4.74 Å². The molecular formula is C28H34N6O4. The number of rotatable bonds is 3. The molecule has 1 aliphatic rings. The lowest BCUT2D eigenvalue weighted by atomic mass is 10.0. The molecule has 2 N–H and O–H groups in total. The summed E-state index contributed by atoms with van der Waals surface area (Å²) in [5.74, 6) is 0.718. The number of nitrogens with one attached hydrogen (secondary N) is 2. The van der Waals surface area contributed by atoms with E-state index in [1.165, 1.54) is 4.90 Å². The van der Waals surface area contributed by atoms with Gasteiger partial charge in [0.05, 0.1) is 13.2 Å². The van der Waals surface area contributed by atoms with E-state index in [0.29, 0.717) is 50.4 Å². The number of fused-ring (bicyclic) bond motifs is 4. The molecule has 1 aliphatic heterocycles. The Hall–Kier alpha value is -4.21. The van der Waals surface area contributed by atoms with Gasteiger partial charge in [0.2, 0.25) is 11.8 Å². The third-order valence-corrected chi connectivity index (χ3v) is 6.21. The summed E-state index contributed by atoms with van der Waals surface area (Å²) in [6.45, 7) is 5.37. The molecule has 0 spiro atoms. The average Bonchev–Trinajstić information content (AvgIpc) is 3.38. The van der Waals surface area contributed by atoms with Crippen LogP contribution in [0.1, 0.15) is 37.0 Å². The molecule has 0 fully saturated rings. The number of pyridine rings is 1. The Morgan fingerprint density at radius 3 is 2.74 bits per heavy atom. The third-order valence-electron chi connectivity index (χ3n) is 6.21. The third kappa shape index (κ3) is 7.18. The molecule has 3 amide bonds. The molecule has 0 radical (unpaired) electrons. The molecule has 200 valence electrons. The number of ether oxygens (including phenoxy) is 1. The Kier molecular flexibility index (Phi) is 9.07. The first kappa shape index (κ1) is 26.8. The SMILES string of the molecule is CC(C)C[C@H]1NC(=O)CN(C(=O)c2ccncc2)CCCOc2cccc(c2)-c2nccn2CCNC1=O. The van der Waals surface area contributed by atoms with Crippen molar-refractivity contribution >= 4 is 17.7 Å². The first-order valence-corrected chi connectivity index (χ1v) is 12.9. The van der Waals surface area contributed by atoms with Gasteiger partial charge in [-0.2, -0.15) is 0 Å². The molecule has 1 aromatic carbocycles. The lowest BCUT2D eigenvalue weighted by molar-refractivity contribution is -0.129. The predicted octanol–water partition coefficient (Wildman–Crippen LogP) is 2.52. The van der Waals surface area contributed by atoms with Crippen LogP contribution in [-0.2, 0) is 16.1 Å². The minimum Gasteiger partial charge on any atom is -0.494 e. The zero-order valence-corrected chi connectivity index (χ0v) is 21.8. The van der Waals surface area contributed by atoms with E-state index in [1.807, 2.05) is 48.9 Å². The summed E-state index contributed by atoms with van der Waals surface area (Å²) in [6, 6.07) is 10.2. The topological polar surface area (TPSA) is 118 Å². The number of amides is 3. The maximum absolute atomic E-state index is 13.2. The quantitative estimate of drug-likeness (QED) is 0.550. The Morgan fingerprint density at radius 2 is 1.95 bits per heavy atom. The van der Waals surface area contributed by atoms with Crippen LogP contribution < -0.4 is 15.4 Å². The second-order valence-electron chi connectivity index (χ2n) is 9.68. The van der Waals surface area contributed by atoms with Gasteiger partial charge in [0.15, 0.2) is 0 Å². The van der Waals surface area contributed by atoms with Crippen molar-refractivity contribution < 1.29 is 19.1 Å². The van der Waals surface area contributed by atoms with Gasteiger partial charge < -0.3 is 24.8 Å². The van der Waals surface area contributed by atoms with Crippen molar-refractivity contribution in [2.45, 2.75) is 39.3 Å². The van der Waals surface area contributed by atoms with E-state index >= 15 is 0 Å². The van der Waals surface area contributed by atoms with Crippen molar-refractivity contribution in [2.75, 3.05) is 26.2 Å². The van der Waals surface area contributed by atoms with E-state index in [2.05, 4.69) is 20.6 Å². The molecule has 0 saturated carbocycles. The Labute approximate surface area is 222 Å². The van der Waals surface area contributed by atoms with Crippen LogP contribution in [0.2, 0.25) is 0 Å². The van der Waals surface area contributed by atoms with Gasteiger partial charge in [-0.25, -0.2) is 4.98 Å². The van der Waals surface area contributed by atoms with Crippen molar-refractivity contribution in [1.82, 2.24) is 30.1 Å². The smallest absolute Gasteiger partial charge is 0.254 e. The van der Waals surface area contributed by atoms with Crippen molar-refractivity contribution in [2.24, 2.45) is 5.92 Å². The fraction of sp³-hybridized carbons (Fsp3) is 0.393. The monoisotopic (exact) mass is 518 g/mol. The molecule has 2 aromatic heterocycles. The number of benzene rings is 1. The minimum atomic E-state index is -0.707. The average molecular weight is 519 g/mol. The van der Waals surface area contributed by atoms with E-state index in [0.717, 1.165) is 11.4 Å². The molecule has 3 aromatic rings. The zero-order chi connectivity index (χ0) is 26.9. The van der Waals surface area contributed by atoms with Gasteiger partial charge in [0.25, 0.3) is 5.91 Å². The summed E-state index contributed by atoms with van der Waals surface area (Å²) in [4.78, 5) is 49.3. The first-order valence-electron chi connectivity index (χ1n) is 12.9. The van der Waals surface area contributed by atoms with Gasteiger partial charge in [0, 0.05) is 55.5 Å². The maximum Gasteiger partial charge on any atom is 0.254 e. The van der Waals surface area contributed by atoms with Crippen molar-refractivity contribution in [1.29, 1.82) is 0 Å². The van der Waals surface area contributed by atoms with Gasteiger partial charge in [0.1, 0.15) is 17.6 Å². The van der Waals surface area contributed by atoms with Crippen LogP contribution in [0.25, 0.3) is 11.4 Å². The fourth-order valence-electron chi connectivity index (χ4n) is 4.39. The highest BCUT2D eigenvalue weighted by atomic mass is 16.5. The minimum absolute atomic E-state index is 0.170. The summed E-state index contributed by atoms with van der Waals surface area (Å²) in [6.07, 6.45) is 7.67. The van der Waals surface area contributed by atoms with Crippen molar-refractivity contribution in [3.8, 4) is 17.1 Å². The normalized spacial score (nSPS) is 17.4. The Balaban J connectivity index is 1.58. The van der Waals surface area contributed by atoms with Crippen molar-refractivity contribution in [3.63, 3.8) is 0 Å². The van der Waals surface area contributed by atoms with E-state index in [1.54, 1.807) is 30.7 Å². The van der Waals surface area contributed by atoms with Crippen LogP contribution in [0, 0.1) is 5.92 Å². The van der Waals surface area contributed by atoms with E-state index < -0.39 is 6.04 Å². The molecule has 10 heteroatoms. The predicted molar refractivity (Wildman–Crippen MR) is 142 cm³/mol. The molecule has 10 nitrogen and oxygen atoms in total. The summed E-state index contributed by atoms with van der Waals surface area (Å²) in [5, 5.41) is 5.80. The first-order chi connectivity index (χ1) is 18.4. The van der Waals surface area contributed by atoms with Gasteiger partial charge in [-0.1, -0.05) is 26.0 Å². The molecule has 0 unspecified atom stereocenters. The van der Waals surface area contributed by atoms with E-state index in [-0.39, 0.29) is 30.2 Å². The Morgan fingerprint density at radius 1 is 1.13 bits per heavy atom. The Bertz CT molecular complexity index is 1240. The molecule has 4 rings (SSSR count). The number of aromatic nitrogens is 3. The highest BCUT2D eigenvalue weighted by molar-refractivity contribution is 5.97. The van der Waals surface area contributed by atoms with Crippen LogP contribution in [0.15, 0.2) is 61.2 Å². The largest absolute Gasteiger partial charge is 0.494 e. The lowest BCUT2D eigenvalue weighted by Crippen LogP contribution is -2.51. The van der Waals surface area contributed by atoms with Crippen LogP contribution in [0.5, 0.6) is 5.75 Å². The molecule has 38 heavy (non-hydrogen) atoms. The molecule has 0 aliphatic carbocycles. The van der Waals surface area contributed by atoms with E-state index in [9.17, 15) is 14.4 Å². The second-order valence-corrected chi connectivity index (χ2v) is 9.68. The number of imidazole rings is 1. The van der Waals surface area contributed by atoms with Gasteiger partial charge >= 0.3 is 0 Å². The number of hydrogen-bond acceptors (Lipinski definition) is 6. The molecular weight excluding hydrogens is 484 g/mol. The standard InChI is InChI=1S/C28H34N6O4/c1-20(2)17-24-27(36)31-12-15-33-14-11-30-26(33)22-5-3-6-23(18-22)38-16-4-13-34(19-25(35)32-24)28(37)21-7-9-29-10-8-21/h3,5-11,14,18,20,24H,4,12-13,15-17,19H2,1-2H3,(H,31,36)(H,32,35)/t24-/m1/s1. The zero-order valence-electron chi connectivity index (χ0n) is 21.8.